The second kappa shape index (κ2) is 8.88. The summed E-state index contributed by atoms with van der Waals surface area (Å²) in [6.45, 7) is 3.58. The number of carbonyl (C=O) groups excluding carboxylic acids is 2. The summed E-state index contributed by atoms with van der Waals surface area (Å²) in [5, 5.41) is 2.92. The third-order valence-corrected chi connectivity index (χ3v) is 5.07. The largest absolute Gasteiger partial charge is 0.449 e. The van der Waals surface area contributed by atoms with E-state index in [0.717, 1.165) is 0 Å². The van der Waals surface area contributed by atoms with E-state index >= 15 is 0 Å². The minimum absolute atomic E-state index is 0.0140. The first-order valence-corrected chi connectivity index (χ1v) is 9.96. The van der Waals surface area contributed by atoms with E-state index in [4.69, 9.17) is 16.3 Å². The number of hydrogen-bond donors (Lipinski definition) is 2. The third kappa shape index (κ3) is 5.70. The SMILES string of the molecule is CCNC(=O)[C@H](C)OC(=O)c1cccc(S(=O)(=O)Nc2cccc(Cl)c2)c1. The Morgan fingerprint density at radius 2 is 1.85 bits per heavy atom. The molecular weight excluding hydrogens is 392 g/mol. The Kier molecular flexibility index (Phi) is 6.81. The topological polar surface area (TPSA) is 102 Å². The average molecular weight is 411 g/mol. The number of amides is 1. The minimum atomic E-state index is -3.94. The molecular formula is C18H19ClN2O5S. The molecule has 9 heteroatoms. The van der Waals surface area contributed by atoms with E-state index in [1.165, 1.54) is 37.3 Å². The second-order valence-corrected chi connectivity index (χ2v) is 7.70. The normalized spacial score (nSPS) is 12.1. The summed E-state index contributed by atoms with van der Waals surface area (Å²) in [5.74, 6) is -1.23. The Morgan fingerprint density at radius 3 is 2.52 bits per heavy atom. The van der Waals surface area contributed by atoms with Crippen molar-refractivity contribution in [1.29, 1.82) is 0 Å². The average Bonchev–Trinajstić information content (AvgIpc) is 2.61. The highest BCUT2D eigenvalue weighted by atomic mass is 35.5. The van der Waals surface area contributed by atoms with Crippen LogP contribution in [0.25, 0.3) is 0 Å². The van der Waals surface area contributed by atoms with Crippen LogP contribution in [0.15, 0.2) is 53.4 Å². The van der Waals surface area contributed by atoms with E-state index in [0.29, 0.717) is 17.3 Å². The number of sulfonamides is 1. The molecule has 144 valence electrons. The second-order valence-electron chi connectivity index (χ2n) is 5.59. The van der Waals surface area contributed by atoms with Crippen LogP contribution in [0.2, 0.25) is 5.02 Å². The molecule has 0 fully saturated rings. The highest BCUT2D eigenvalue weighted by molar-refractivity contribution is 7.92. The van der Waals surface area contributed by atoms with Gasteiger partial charge in [-0.15, -0.1) is 0 Å². The summed E-state index contributed by atoms with van der Waals surface area (Å²) in [5.41, 5.74) is 0.306. The minimum Gasteiger partial charge on any atom is -0.449 e. The number of nitrogens with one attached hydrogen (secondary N) is 2. The van der Waals surface area contributed by atoms with Crippen molar-refractivity contribution >= 4 is 39.2 Å². The van der Waals surface area contributed by atoms with Crippen LogP contribution in [0.3, 0.4) is 0 Å². The van der Waals surface area contributed by atoms with Gasteiger partial charge in [0.05, 0.1) is 16.1 Å². The molecule has 2 N–H and O–H groups in total. The van der Waals surface area contributed by atoms with Gasteiger partial charge in [-0.2, -0.15) is 0 Å². The number of ether oxygens (including phenoxy) is 1. The van der Waals surface area contributed by atoms with Crippen LogP contribution in [0.5, 0.6) is 0 Å². The maximum absolute atomic E-state index is 12.5. The molecule has 0 aliphatic carbocycles. The van der Waals surface area contributed by atoms with Crippen LogP contribution in [-0.2, 0) is 19.6 Å². The fourth-order valence-corrected chi connectivity index (χ4v) is 3.44. The lowest BCUT2D eigenvalue weighted by molar-refractivity contribution is -0.128. The number of benzene rings is 2. The predicted molar refractivity (Wildman–Crippen MR) is 102 cm³/mol. The lowest BCUT2D eigenvalue weighted by Crippen LogP contribution is -2.35. The van der Waals surface area contributed by atoms with Gasteiger partial charge < -0.3 is 10.1 Å². The van der Waals surface area contributed by atoms with Crippen molar-refractivity contribution in [3.8, 4) is 0 Å². The molecule has 0 aliphatic heterocycles. The molecule has 2 rings (SSSR count). The summed E-state index contributed by atoms with van der Waals surface area (Å²) in [6.07, 6.45) is -0.998. The van der Waals surface area contributed by atoms with Gasteiger partial charge in [-0.3, -0.25) is 9.52 Å². The summed E-state index contributed by atoms with van der Waals surface area (Å²) in [4.78, 5) is 23.8. The van der Waals surface area contributed by atoms with Gasteiger partial charge >= 0.3 is 5.97 Å². The van der Waals surface area contributed by atoms with Crippen LogP contribution in [0.1, 0.15) is 24.2 Å². The zero-order valence-electron chi connectivity index (χ0n) is 14.7. The summed E-state index contributed by atoms with van der Waals surface area (Å²) in [6, 6.07) is 11.6. The molecule has 0 saturated carbocycles. The van der Waals surface area contributed by atoms with E-state index in [9.17, 15) is 18.0 Å². The first kappa shape index (κ1) is 20.7. The van der Waals surface area contributed by atoms with E-state index in [1.807, 2.05) is 0 Å². The zero-order valence-corrected chi connectivity index (χ0v) is 16.3. The first-order valence-electron chi connectivity index (χ1n) is 8.10. The van der Waals surface area contributed by atoms with Gasteiger partial charge in [-0.05, 0) is 50.2 Å². The molecule has 0 spiro atoms. The number of anilines is 1. The molecule has 0 aromatic heterocycles. The van der Waals surface area contributed by atoms with E-state index < -0.39 is 28.0 Å². The molecule has 0 aliphatic rings. The number of likely N-dealkylation sites (N-methyl/N-ethyl adjacent to an activating group) is 1. The van der Waals surface area contributed by atoms with Crippen LogP contribution >= 0.6 is 11.6 Å². The molecule has 0 unspecified atom stereocenters. The highest BCUT2D eigenvalue weighted by Crippen LogP contribution is 2.20. The molecule has 27 heavy (non-hydrogen) atoms. The van der Waals surface area contributed by atoms with Gasteiger partial charge in [0.25, 0.3) is 15.9 Å². The molecule has 0 heterocycles. The molecule has 7 nitrogen and oxygen atoms in total. The molecule has 1 amide bonds. The van der Waals surface area contributed by atoms with Crippen LogP contribution in [0, 0.1) is 0 Å². The summed E-state index contributed by atoms with van der Waals surface area (Å²) in [7, 11) is -3.94. The smallest absolute Gasteiger partial charge is 0.338 e. The van der Waals surface area contributed by atoms with Crippen molar-refractivity contribution in [3.05, 3.63) is 59.1 Å². The molecule has 2 aromatic carbocycles. The van der Waals surface area contributed by atoms with E-state index in [1.54, 1.807) is 25.1 Å². The van der Waals surface area contributed by atoms with Crippen molar-refractivity contribution in [2.24, 2.45) is 0 Å². The number of esters is 1. The number of rotatable bonds is 7. The Labute approximate surface area is 162 Å². The van der Waals surface area contributed by atoms with Gasteiger partial charge in [0, 0.05) is 11.6 Å². The lowest BCUT2D eigenvalue weighted by Gasteiger charge is -2.13. The highest BCUT2D eigenvalue weighted by Gasteiger charge is 2.21. The number of carbonyl (C=O) groups is 2. The lowest BCUT2D eigenvalue weighted by atomic mass is 10.2. The van der Waals surface area contributed by atoms with Crippen LogP contribution in [0.4, 0.5) is 5.69 Å². The molecule has 0 bridgehead atoms. The Balaban J connectivity index is 2.18. The van der Waals surface area contributed by atoms with Gasteiger partial charge in [-0.25, -0.2) is 13.2 Å². The Hall–Kier alpha value is -2.58. The molecule has 2 aromatic rings. The van der Waals surface area contributed by atoms with Crippen molar-refractivity contribution in [2.75, 3.05) is 11.3 Å². The summed E-state index contributed by atoms with van der Waals surface area (Å²) >= 11 is 5.85. The molecule has 0 radical (unpaired) electrons. The van der Waals surface area contributed by atoms with E-state index in [2.05, 4.69) is 10.0 Å². The van der Waals surface area contributed by atoms with E-state index in [-0.39, 0.29) is 10.5 Å². The van der Waals surface area contributed by atoms with Crippen LogP contribution in [-0.4, -0.2) is 32.9 Å². The first-order chi connectivity index (χ1) is 12.7. The maximum Gasteiger partial charge on any atom is 0.338 e. The van der Waals surface area contributed by atoms with Gasteiger partial charge in [0.1, 0.15) is 0 Å². The van der Waals surface area contributed by atoms with Crippen molar-refractivity contribution in [1.82, 2.24) is 5.32 Å². The Bertz CT molecular complexity index is 946. The summed E-state index contributed by atoms with van der Waals surface area (Å²) < 4.78 is 32.5. The number of hydrogen-bond acceptors (Lipinski definition) is 5. The molecule has 1 atom stereocenters. The van der Waals surface area contributed by atoms with Crippen molar-refractivity contribution in [3.63, 3.8) is 0 Å². The van der Waals surface area contributed by atoms with Gasteiger partial charge in [0.15, 0.2) is 6.10 Å². The zero-order chi connectivity index (χ0) is 20.0. The van der Waals surface area contributed by atoms with Gasteiger partial charge in [0.2, 0.25) is 0 Å². The van der Waals surface area contributed by atoms with Gasteiger partial charge in [-0.1, -0.05) is 23.7 Å². The van der Waals surface area contributed by atoms with Crippen molar-refractivity contribution in [2.45, 2.75) is 24.8 Å². The quantitative estimate of drug-likeness (QED) is 0.683. The third-order valence-electron chi connectivity index (χ3n) is 3.46. The fraction of sp³-hybridized carbons (Fsp3) is 0.222. The Morgan fingerprint density at radius 1 is 1.15 bits per heavy atom. The van der Waals surface area contributed by atoms with Crippen LogP contribution < -0.4 is 10.0 Å². The molecule has 0 saturated heterocycles. The monoisotopic (exact) mass is 410 g/mol. The standard InChI is InChI=1S/C18H19ClN2O5S/c1-3-20-17(22)12(2)26-18(23)13-6-4-9-16(10-13)27(24,25)21-15-8-5-7-14(19)11-15/h4-12,21H,3H2,1-2H3,(H,20,22)/t12-/m0/s1. The van der Waals surface area contributed by atoms with Crippen molar-refractivity contribution < 1.29 is 22.7 Å². The predicted octanol–water partition coefficient (Wildman–Crippen LogP) is 2.82. The number of halogens is 1. The fourth-order valence-electron chi connectivity index (χ4n) is 2.16. The maximum atomic E-state index is 12.5.